The Morgan fingerprint density at radius 3 is 2.19 bits per heavy atom. The average Bonchev–Trinajstić information content (AvgIpc) is 3.47. The lowest BCUT2D eigenvalue weighted by atomic mass is 9.98. The van der Waals surface area contributed by atoms with Gasteiger partial charge >= 0.3 is 0 Å². The van der Waals surface area contributed by atoms with Gasteiger partial charge in [-0.1, -0.05) is 72.8 Å². The zero-order valence-electron chi connectivity index (χ0n) is 20.4. The summed E-state index contributed by atoms with van der Waals surface area (Å²) in [6.07, 6.45) is 3.77. The first-order valence-corrected chi connectivity index (χ1v) is 13.8. The van der Waals surface area contributed by atoms with Crippen molar-refractivity contribution in [3.8, 4) is 11.1 Å². The predicted molar refractivity (Wildman–Crippen MR) is 144 cm³/mol. The van der Waals surface area contributed by atoms with E-state index in [1.165, 1.54) is 38.3 Å². The molecule has 6 nitrogen and oxygen atoms in total. The van der Waals surface area contributed by atoms with E-state index < -0.39 is 15.6 Å². The molecule has 37 heavy (non-hydrogen) atoms. The van der Waals surface area contributed by atoms with Crippen LogP contribution in [-0.4, -0.2) is 36.2 Å². The lowest BCUT2D eigenvalue weighted by molar-refractivity contribution is 0.0970. The molecule has 1 aliphatic rings. The van der Waals surface area contributed by atoms with Crippen LogP contribution in [0.15, 0.2) is 107 Å². The number of ketones is 1. The van der Waals surface area contributed by atoms with Crippen LogP contribution in [-0.2, 0) is 23.0 Å². The number of nitrogens with zero attached hydrogens (tertiary/aromatic N) is 2. The Labute approximate surface area is 216 Å². The zero-order chi connectivity index (χ0) is 25.8. The van der Waals surface area contributed by atoms with Crippen molar-refractivity contribution in [1.82, 2.24) is 8.87 Å². The van der Waals surface area contributed by atoms with Gasteiger partial charge < -0.3 is 4.57 Å². The molecule has 0 aliphatic carbocycles. The number of hydrogen-bond donors (Lipinski definition) is 0. The number of aromatic nitrogens is 1. The van der Waals surface area contributed by atoms with E-state index in [1.54, 1.807) is 6.07 Å². The van der Waals surface area contributed by atoms with Gasteiger partial charge in [-0.3, -0.25) is 9.59 Å². The molecule has 2 heterocycles. The van der Waals surface area contributed by atoms with E-state index in [1.807, 2.05) is 48.5 Å². The number of Topliss-reactive ketones (excluding diaryl/α,β-unsaturated/α-hetero) is 1. The predicted octanol–water partition coefficient (Wildman–Crippen LogP) is 4.77. The molecule has 0 radical (unpaired) electrons. The van der Waals surface area contributed by atoms with E-state index in [0.29, 0.717) is 18.7 Å². The summed E-state index contributed by atoms with van der Waals surface area (Å²) in [5.41, 5.74) is 4.38. The Morgan fingerprint density at radius 1 is 0.757 bits per heavy atom. The van der Waals surface area contributed by atoms with Crippen molar-refractivity contribution >= 4 is 15.8 Å². The summed E-state index contributed by atoms with van der Waals surface area (Å²) in [6.45, 7) is 0.711. The molecule has 1 aromatic heterocycles. The van der Waals surface area contributed by atoms with Gasteiger partial charge in [0.2, 0.25) is 10.0 Å². The molecule has 4 aromatic rings. The number of pyridine rings is 1. The Kier molecular flexibility index (Phi) is 7.17. The lowest BCUT2D eigenvalue weighted by Gasteiger charge is -2.16. The summed E-state index contributed by atoms with van der Waals surface area (Å²) >= 11 is 0. The summed E-state index contributed by atoms with van der Waals surface area (Å²) < 4.78 is 28.4. The molecule has 0 N–H and O–H groups in total. The van der Waals surface area contributed by atoms with Gasteiger partial charge in [-0.25, -0.2) is 8.42 Å². The van der Waals surface area contributed by atoms with Crippen molar-refractivity contribution in [2.75, 3.05) is 13.1 Å². The second-order valence-electron chi connectivity index (χ2n) is 9.31. The van der Waals surface area contributed by atoms with Gasteiger partial charge in [0.05, 0.1) is 11.4 Å². The van der Waals surface area contributed by atoms with Crippen LogP contribution in [0.1, 0.15) is 34.3 Å². The Bertz CT molecular complexity index is 1570. The summed E-state index contributed by atoms with van der Waals surface area (Å²) in [6, 6.07) is 28.3. The van der Waals surface area contributed by atoms with Gasteiger partial charge in [-0.2, -0.15) is 4.31 Å². The smallest absolute Gasteiger partial charge is 0.251 e. The first-order valence-electron chi connectivity index (χ1n) is 12.4. The molecular weight excluding hydrogens is 484 g/mol. The van der Waals surface area contributed by atoms with E-state index in [9.17, 15) is 18.0 Å². The number of sulfonamides is 1. The summed E-state index contributed by atoms with van der Waals surface area (Å²) in [5, 5.41) is 0. The van der Waals surface area contributed by atoms with Gasteiger partial charge in [0.25, 0.3) is 5.56 Å². The highest BCUT2D eigenvalue weighted by atomic mass is 32.2. The maximum absolute atomic E-state index is 13.1. The third-order valence-electron chi connectivity index (χ3n) is 6.70. The normalized spacial score (nSPS) is 14.1. The molecular formula is C30H28N2O4S. The van der Waals surface area contributed by atoms with Crippen molar-refractivity contribution < 1.29 is 13.2 Å². The minimum Gasteiger partial charge on any atom is -0.306 e. The second kappa shape index (κ2) is 10.7. The van der Waals surface area contributed by atoms with Crippen LogP contribution in [0.5, 0.6) is 0 Å². The van der Waals surface area contributed by atoms with Crippen molar-refractivity contribution in [3.05, 3.63) is 124 Å². The van der Waals surface area contributed by atoms with E-state index in [-0.39, 0.29) is 17.2 Å². The van der Waals surface area contributed by atoms with Gasteiger partial charge in [0.1, 0.15) is 0 Å². The van der Waals surface area contributed by atoms with Crippen LogP contribution in [0, 0.1) is 0 Å². The molecule has 0 saturated carbocycles. The standard InChI is InChI=1S/C30H28N2O4S/c33-29(22-31-21-28(15-16-30(31)34)37(35,36)32-17-4-5-18-32)27-10-6-9-26(20-27)25-13-11-24(12-14-25)19-23-7-2-1-3-8-23/h1-3,6-16,20-21H,4-5,17-19,22H2. The third kappa shape index (κ3) is 5.63. The van der Waals surface area contributed by atoms with Crippen molar-refractivity contribution in [2.24, 2.45) is 0 Å². The van der Waals surface area contributed by atoms with E-state index in [4.69, 9.17) is 0 Å². The highest BCUT2D eigenvalue weighted by Gasteiger charge is 2.27. The number of carbonyl (C=O) groups excluding carboxylic acids is 1. The molecule has 1 saturated heterocycles. The Balaban J connectivity index is 1.33. The molecule has 0 bridgehead atoms. The maximum Gasteiger partial charge on any atom is 0.251 e. The van der Waals surface area contributed by atoms with E-state index in [2.05, 4.69) is 24.3 Å². The molecule has 0 amide bonds. The van der Waals surface area contributed by atoms with E-state index >= 15 is 0 Å². The van der Waals surface area contributed by atoms with Crippen LogP contribution >= 0.6 is 0 Å². The molecule has 0 atom stereocenters. The number of carbonyl (C=O) groups is 1. The molecule has 1 fully saturated rings. The first-order chi connectivity index (χ1) is 17.9. The van der Waals surface area contributed by atoms with Gasteiger partial charge in [0, 0.05) is 30.9 Å². The second-order valence-corrected chi connectivity index (χ2v) is 11.2. The van der Waals surface area contributed by atoms with Crippen molar-refractivity contribution in [3.63, 3.8) is 0 Å². The minimum absolute atomic E-state index is 0.0335. The average molecular weight is 513 g/mol. The lowest BCUT2D eigenvalue weighted by Crippen LogP contribution is -2.30. The SMILES string of the molecule is O=C(Cn1cc(S(=O)(=O)N2CCCC2)ccc1=O)c1cccc(-c2ccc(Cc3ccccc3)cc2)c1. The van der Waals surface area contributed by atoms with Gasteiger partial charge in [-0.15, -0.1) is 0 Å². The molecule has 7 heteroatoms. The molecule has 0 spiro atoms. The van der Waals surface area contributed by atoms with Crippen LogP contribution in [0.3, 0.4) is 0 Å². The molecule has 0 unspecified atom stereocenters. The van der Waals surface area contributed by atoms with Crippen LogP contribution in [0.2, 0.25) is 0 Å². The fraction of sp³-hybridized carbons (Fsp3) is 0.200. The number of benzene rings is 3. The molecule has 1 aliphatic heterocycles. The zero-order valence-corrected chi connectivity index (χ0v) is 21.2. The van der Waals surface area contributed by atoms with E-state index in [0.717, 1.165) is 30.4 Å². The molecule has 188 valence electrons. The summed E-state index contributed by atoms with van der Waals surface area (Å²) in [7, 11) is -3.68. The Hall–Kier alpha value is -3.81. The number of rotatable bonds is 8. The topological polar surface area (TPSA) is 76.5 Å². The monoisotopic (exact) mass is 512 g/mol. The number of hydrogen-bond acceptors (Lipinski definition) is 4. The van der Waals surface area contributed by atoms with Crippen molar-refractivity contribution in [2.45, 2.75) is 30.7 Å². The Morgan fingerprint density at radius 2 is 1.46 bits per heavy atom. The largest absolute Gasteiger partial charge is 0.306 e. The maximum atomic E-state index is 13.1. The third-order valence-corrected chi connectivity index (χ3v) is 8.58. The molecule has 3 aromatic carbocycles. The van der Waals surface area contributed by atoms with Crippen molar-refractivity contribution in [1.29, 1.82) is 0 Å². The van der Waals surface area contributed by atoms with Crippen LogP contribution < -0.4 is 5.56 Å². The first kappa shape index (κ1) is 24.9. The summed E-state index contributed by atoms with van der Waals surface area (Å²) in [4.78, 5) is 25.6. The van der Waals surface area contributed by atoms with Gasteiger partial charge in [0.15, 0.2) is 5.78 Å². The highest BCUT2D eigenvalue weighted by Crippen LogP contribution is 2.23. The van der Waals surface area contributed by atoms with Gasteiger partial charge in [-0.05, 0) is 53.6 Å². The highest BCUT2D eigenvalue weighted by molar-refractivity contribution is 7.89. The minimum atomic E-state index is -3.68. The fourth-order valence-corrected chi connectivity index (χ4v) is 6.17. The van der Waals surface area contributed by atoms with Crippen LogP contribution in [0.4, 0.5) is 0 Å². The molecule has 5 rings (SSSR count). The quantitative estimate of drug-likeness (QED) is 0.319. The summed E-state index contributed by atoms with van der Waals surface area (Å²) in [5.74, 6) is -0.264. The fourth-order valence-electron chi connectivity index (χ4n) is 4.63. The van der Waals surface area contributed by atoms with Crippen LogP contribution in [0.25, 0.3) is 11.1 Å².